The fraction of sp³-hybridized carbons (Fsp3) is 0.385. The largest absolute Gasteiger partial charge is 0.490 e. The Labute approximate surface area is 105 Å². The third-order valence-electron chi connectivity index (χ3n) is 2.47. The summed E-state index contributed by atoms with van der Waals surface area (Å²) in [5, 5.41) is 0. The van der Waals surface area contributed by atoms with Crippen molar-refractivity contribution in [2.75, 3.05) is 19.8 Å². The van der Waals surface area contributed by atoms with Gasteiger partial charge in [0.15, 0.2) is 11.5 Å². The van der Waals surface area contributed by atoms with E-state index in [4.69, 9.17) is 9.47 Å². The zero-order valence-corrected chi connectivity index (χ0v) is 10.1. The predicted octanol–water partition coefficient (Wildman–Crippen LogP) is 1.59. The van der Waals surface area contributed by atoms with E-state index in [0.717, 1.165) is 6.42 Å². The summed E-state index contributed by atoms with van der Waals surface area (Å²) in [7, 11) is 0. The second-order valence-corrected chi connectivity index (χ2v) is 3.76. The number of carbonyl (C=O) groups is 2. The number of fused-ring (bicyclic) bond motifs is 1. The lowest BCUT2D eigenvalue weighted by Gasteiger charge is -2.08. The van der Waals surface area contributed by atoms with Gasteiger partial charge in [0.25, 0.3) is 5.78 Å². The van der Waals surface area contributed by atoms with E-state index in [2.05, 4.69) is 4.74 Å². The van der Waals surface area contributed by atoms with Crippen molar-refractivity contribution in [1.29, 1.82) is 0 Å². The van der Waals surface area contributed by atoms with Gasteiger partial charge in [0, 0.05) is 12.0 Å². The van der Waals surface area contributed by atoms with Crippen LogP contribution in [0.5, 0.6) is 11.5 Å². The van der Waals surface area contributed by atoms with Gasteiger partial charge >= 0.3 is 5.97 Å². The van der Waals surface area contributed by atoms with E-state index in [1.165, 1.54) is 12.1 Å². The van der Waals surface area contributed by atoms with Crippen molar-refractivity contribution in [2.45, 2.75) is 13.3 Å². The molecule has 0 unspecified atom stereocenters. The number of ether oxygens (including phenoxy) is 3. The van der Waals surface area contributed by atoms with Crippen molar-refractivity contribution in [3.63, 3.8) is 0 Å². The van der Waals surface area contributed by atoms with Crippen LogP contribution in [0.2, 0.25) is 0 Å². The molecular weight excluding hydrogens is 236 g/mol. The molecule has 0 fully saturated rings. The van der Waals surface area contributed by atoms with Crippen LogP contribution in [0.3, 0.4) is 0 Å². The minimum absolute atomic E-state index is 0.176. The molecule has 0 N–H and O–H groups in total. The number of hydrogen-bond donors (Lipinski definition) is 0. The van der Waals surface area contributed by atoms with Crippen LogP contribution in [-0.2, 0) is 9.53 Å². The maximum absolute atomic E-state index is 11.7. The van der Waals surface area contributed by atoms with Crippen LogP contribution >= 0.6 is 0 Å². The maximum atomic E-state index is 11.7. The third-order valence-corrected chi connectivity index (χ3v) is 2.47. The van der Waals surface area contributed by atoms with Gasteiger partial charge in [-0.15, -0.1) is 0 Å². The molecule has 1 aliphatic heterocycles. The molecule has 96 valence electrons. The Kier molecular flexibility index (Phi) is 3.82. The third kappa shape index (κ3) is 2.61. The standard InChI is InChI=1S/C13H14O5/c1-2-16-13(15)12(14)9-4-5-10-11(8-9)18-7-3-6-17-10/h4-5,8H,2-3,6-7H2,1H3. The molecule has 1 aromatic carbocycles. The first-order chi connectivity index (χ1) is 8.72. The highest BCUT2D eigenvalue weighted by atomic mass is 16.5. The van der Waals surface area contributed by atoms with E-state index in [1.807, 2.05) is 0 Å². The van der Waals surface area contributed by atoms with Crippen LogP contribution in [0.1, 0.15) is 23.7 Å². The Morgan fingerprint density at radius 3 is 2.67 bits per heavy atom. The topological polar surface area (TPSA) is 61.8 Å². The van der Waals surface area contributed by atoms with Gasteiger partial charge in [-0.3, -0.25) is 4.79 Å². The van der Waals surface area contributed by atoms with Crippen LogP contribution in [0.15, 0.2) is 18.2 Å². The molecule has 0 bridgehead atoms. The van der Waals surface area contributed by atoms with Crippen molar-refractivity contribution >= 4 is 11.8 Å². The highest BCUT2D eigenvalue weighted by Gasteiger charge is 2.20. The highest BCUT2D eigenvalue weighted by molar-refractivity contribution is 6.40. The van der Waals surface area contributed by atoms with Gasteiger partial charge in [-0.05, 0) is 25.1 Å². The number of hydrogen-bond acceptors (Lipinski definition) is 5. The molecule has 0 saturated carbocycles. The number of Topliss-reactive ketones (excluding diaryl/α,β-unsaturated/α-hetero) is 1. The summed E-state index contributed by atoms with van der Waals surface area (Å²) < 4.78 is 15.6. The molecule has 5 heteroatoms. The number of rotatable bonds is 3. The zero-order valence-electron chi connectivity index (χ0n) is 10.1. The summed E-state index contributed by atoms with van der Waals surface area (Å²) >= 11 is 0. The van der Waals surface area contributed by atoms with Crippen molar-refractivity contribution in [3.8, 4) is 11.5 Å². The van der Waals surface area contributed by atoms with Gasteiger partial charge in [-0.2, -0.15) is 0 Å². The van der Waals surface area contributed by atoms with Crippen LogP contribution < -0.4 is 9.47 Å². The number of esters is 1. The van der Waals surface area contributed by atoms with E-state index in [0.29, 0.717) is 24.7 Å². The zero-order chi connectivity index (χ0) is 13.0. The lowest BCUT2D eigenvalue weighted by atomic mass is 10.1. The van der Waals surface area contributed by atoms with Gasteiger partial charge < -0.3 is 14.2 Å². The Morgan fingerprint density at radius 1 is 1.22 bits per heavy atom. The molecule has 0 amide bonds. The fourth-order valence-electron chi connectivity index (χ4n) is 1.62. The summed E-state index contributed by atoms with van der Waals surface area (Å²) in [4.78, 5) is 23.1. The number of benzene rings is 1. The minimum atomic E-state index is -0.855. The maximum Gasteiger partial charge on any atom is 0.379 e. The van der Waals surface area contributed by atoms with Crippen molar-refractivity contribution in [1.82, 2.24) is 0 Å². The Hall–Kier alpha value is -2.04. The second kappa shape index (κ2) is 5.53. The van der Waals surface area contributed by atoms with Crippen LogP contribution in [-0.4, -0.2) is 31.6 Å². The van der Waals surface area contributed by atoms with Crippen LogP contribution in [0.25, 0.3) is 0 Å². The molecule has 1 aromatic rings. The molecule has 2 rings (SSSR count). The van der Waals surface area contributed by atoms with E-state index in [1.54, 1.807) is 13.0 Å². The number of ketones is 1. The highest BCUT2D eigenvalue weighted by Crippen LogP contribution is 2.30. The van der Waals surface area contributed by atoms with Crippen molar-refractivity contribution in [2.24, 2.45) is 0 Å². The lowest BCUT2D eigenvalue weighted by molar-refractivity contribution is -0.137. The van der Waals surface area contributed by atoms with E-state index < -0.39 is 11.8 Å². The predicted molar refractivity (Wildman–Crippen MR) is 63.0 cm³/mol. The van der Waals surface area contributed by atoms with Gasteiger partial charge in [0.05, 0.1) is 19.8 Å². The Balaban J connectivity index is 2.22. The summed E-state index contributed by atoms with van der Waals surface area (Å²) in [6.07, 6.45) is 0.788. The van der Waals surface area contributed by atoms with Crippen molar-refractivity contribution < 1.29 is 23.8 Å². The molecule has 18 heavy (non-hydrogen) atoms. The molecular formula is C13H14O5. The first-order valence-electron chi connectivity index (χ1n) is 5.83. The molecule has 0 aliphatic carbocycles. The molecule has 0 spiro atoms. The van der Waals surface area contributed by atoms with E-state index in [-0.39, 0.29) is 12.2 Å². The molecule has 0 aromatic heterocycles. The monoisotopic (exact) mass is 250 g/mol. The first kappa shape index (κ1) is 12.4. The molecule has 0 radical (unpaired) electrons. The molecule has 0 saturated heterocycles. The smallest absolute Gasteiger partial charge is 0.379 e. The van der Waals surface area contributed by atoms with Gasteiger partial charge in [-0.1, -0.05) is 0 Å². The van der Waals surface area contributed by atoms with E-state index in [9.17, 15) is 9.59 Å². The Bertz CT molecular complexity index is 466. The SMILES string of the molecule is CCOC(=O)C(=O)c1ccc2c(c1)OCCCO2. The fourth-order valence-corrected chi connectivity index (χ4v) is 1.62. The molecule has 1 aliphatic rings. The van der Waals surface area contributed by atoms with E-state index >= 15 is 0 Å². The minimum Gasteiger partial charge on any atom is -0.490 e. The summed E-state index contributed by atoms with van der Waals surface area (Å²) in [6.45, 7) is 2.94. The quantitative estimate of drug-likeness (QED) is 0.463. The number of carbonyl (C=O) groups excluding carboxylic acids is 2. The Morgan fingerprint density at radius 2 is 1.94 bits per heavy atom. The van der Waals surface area contributed by atoms with Gasteiger partial charge in [0.1, 0.15) is 0 Å². The molecule has 0 atom stereocenters. The summed E-state index contributed by atoms with van der Waals surface area (Å²) in [5.74, 6) is -0.449. The first-order valence-corrected chi connectivity index (χ1v) is 5.83. The average Bonchev–Trinajstić information content (AvgIpc) is 2.62. The van der Waals surface area contributed by atoms with Crippen LogP contribution in [0, 0.1) is 0 Å². The molecule has 5 nitrogen and oxygen atoms in total. The van der Waals surface area contributed by atoms with Crippen LogP contribution in [0.4, 0.5) is 0 Å². The normalized spacial score (nSPS) is 13.6. The lowest BCUT2D eigenvalue weighted by Crippen LogP contribution is -2.17. The van der Waals surface area contributed by atoms with Gasteiger partial charge in [-0.25, -0.2) is 4.79 Å². The second-order valence-electron chi connectivity index (χ2n) is 3.76. The summed E-state index contributed by atoms with van der Waals surface area (Å²) in [6, 6.07) is 4.68. The average molecular weight is 250 g/mol. The van der Waals surface area contributed by atoms with Gasteiger partial charge in [0.2, 0.25) is 0 Å². The molecule has 1 heterocycles. The summed E-state index contributed by atoms with van der Waals surface area (Å²) in [5.41, 5.74) is 0.248. The van der Waals surface area contributed by atoms with Crippen molar-refractivity contribution in [3.05, 3.63) is 23.8 Å².